The van der Waals surface area contributed by atoms with Crippen molar-refractivity contribution in [3.8, 4) is 0 Å². The monoisotopic (exact) mass is 371 g/mol. The summed E-state index contributed by atoms with van der Waals surface area (Å²) in [6.07, 6.45) is 15.4. The van der Waals surface area contributed by atoms with Crippen molar-refractivity contribution in [2.24, 2.45) is 5.92 Å². The molecule has 4 heteroatoms. The summed E-state index contributed by atoms with van der Waals surface area (Å²) in [5.74, 6) is -0.666. The number of unbranched alkanes of at least 4 members (excludes halogenated alkanes) is 10. The number of esters is 1. The molecule has 0 rings (SSSR count). The molecule has 0 bridgehead atoms. The van der Waals surface area contributed by atoms with Crippen LogP contribution in [0.25, 0.3) is 0 Å². The zero-order valence-electron chi connectivity index (χ0n) is 17.8. The van der Waals surface area contributed by atoms with Gasteiger partial charge in [-0.3, -0.25) is 4.79 Å². The molecular weight excluding hydrogens is 326 g/mol. The number of aliphatic hydroxyl groups excluding tert-OH is 1. The molecule has 0 saturated carbocycles. The lowest BCUT2D eigenvalue weighted by Crippen LogP contribution is -2.37. The molecule has 0 aromatic rings. The number of carbonyl (C=O) groups is 1. The number of hydrogen-bond acceptors (Lipinski definition) is 4. The van der Waals surface area contributed by atoms with Crippen molar-refractivity contribution in [3.05, 3.63) is 0 Å². The molecule has 4 nitrogen and oxygen atoms in total. The Kier molecular flexibility index (Phi) is 18.7. The lowest BCUT2D eigenvalue weighted by atomic mass is 10.1. The summed E-state index contributed by atoms with van der Waals surface area (Å²) in [7, 11) is 0. The van der Waals surface area contributed by atoms with E-state index in [9.17, 15) is 9.90 Å². The molecule has 0 radical (unpaired) electrons. The Balaban J connectivity index is 4.26. The van der Waals surface area contributed by atoms with Crippen LogP contribution in [0.4, 0.5) is 0 Å². The van der Waals surface area contributed by atoms with Crippen molar-refractivity contribution in [2.75, 3.05) is 32.8 Å². The zero-order chi connectivity index (χ0) is 19.5. The van der Waals surface area contributed by atoms with Crippen LogP contribution in [0.1, 0.15) is 97.8 Å². The summed E-state index contributed by atoms with van der Waals surface area (Å²) in [5.41, 5.74) is 0. The maximum atomic E-state index is 12.0. The van der Waals surface area contributed by atoms with Crippen molar-refractivity contribution >= 4 is 5.97 Å². The van der Waals surface area contributed by atoms with Gasteiger partial charge in [0.1, 0.15) is 0 Å². The van der Waals surface area contributed by atoms with Gasteiger partial charge in [0.15, 0.2) is 0 Å². The van der Waals surface area contributed by atoms with Gasteiger partial charge in [0.25, 0.3) is 0 Å². The molecule has 0 fully saturated rings. The highest BCUT2D eigenvalue weighted by Gasteiger charge is 2.21. The fraction of sp³-hybridized carbons (Fsp3) is 0.955. The molecule has 0 aromatic heterocycles. The SMILES string of the molecule is CCCCCCCCN(CCCCCCCC)CC(CO)C(=O)OCC. The summed E-state index contributed by atoms with van der Waals surface area (Å²) < 4.78 is 5.11. The summed E-state index contributed by atoms with van der Waals surface area (Å²) in [5, 5.41) is 9.58. The minimum absolute atomic E-state index is 0.123. The molecule has 26 heavy (non-hydrogen) atoms. The lowest BCUT2D eigenvalue weighted by Gasteiger charge is -2.26. The lowest BCUT2D eigenvalue weighted by molar-refractivity contribution is -0.150. The maximum absolute atomic E-state index is 12.0. The first-order chi connectivity index (χ1) is 12.7. The first-order valence-corrected chi connectivity index (χ1v) is 11.2. The Morgan fingerprint density at radius 3 is 1.69 bits per heavy atom. The van der Waals surface area contributed by atoms with E-state index in [-0.39, 0.29) is 12.6 Å². The Hall–Kier alpha value is -0.610. The van der Waals surface area contributed by atoms with E-state index in [1.807, 2.05) is 6.92 Å². The molecule has 0 amide bonds. The molecule has 0 aliphatic carbocycles. The van der Waals surface area contributed by atoms with Crippen LogP contribution < -0.4 is 0 Å². The van der Waals surface area contributed by atoms with Gasteiger partial charge in [0, 0.05) is 6.54 Å². The van der Waals surface area contributed by atoms with Crippen LogP contribution in [0, 0.1) is 5.92 Å². The number of carbonyl (C=O) groups excluding carboxylic acids is 1. The van der Waals surface area contributed by atoms with Gasteiger partial charge in [-0.15, -0.1) is 0 Å². The standard InChI is InChI=1S/C22H45NO3/c1-4-7-9-11-13-15-17-23(18-16-14-12-10-8-5-2)19-21(20-24)22(25)26-6-3/h21,24H,4-20H2,1-3H3. The van der Waals surface area contributed by atoms with Crippen LogP contribution >= 0.6 is 0 Å². The number of nitrogens with zero attached hydrogens (tertiary/aromatic N) is 1. The van der Waals surface area contributed by atoms with E-state index in [1.54, 1.807) is 0 Å². The third kappa shape index (κ3) is 14.5. The van der Waals surface area contributed by atoms with Crippen molar-refractivity contribution < 1.29 is 14.6 Å². The van der Waals surface area contributed by atoms with E-state index in [0.717, 1.165) is 13.1 Å². The smallest absolute Gasteiger partial charge is 0.312 e. The van der Waals surface area contributed by atoms with Crippen molar-refractivity contribution in [1.29, 1.82) is 0 Å². The predicted molar refractivity (Wildman–Crippen MR) is 110 cm³/mol. The van der Waals surface area contributed by atoms with Crippen LogP contribution in [-0.4, -0.2) is 48.8 Å². The summed E-state index contributed by atoms with van der Waals surface area (Å²) in [6, 6.07) is 0. The summed E-state index contributed by atoms with van der Waals surface area (Å²) in [6.45, 7) is 9.23. The van der Waals surface area contributed by atoms with Crippen molar-refractivity contribution in [2.45, 2.75) is 97.8 Å². The minimum atomic E-state index is -0.407. The highest BCUT2D eigenvalue weighted by molar-refractivity contribution is 5.72. The van der Waals surface area contributed by atoms with Gasteiger partial charge in [0.2, 0.25) is 0 Å². The van der Waals surface area contributed by atoms with E-state index in [2.05, 4.69) is 18.7 Å². The fourth-order valence-corrected chi connectivity index (χ4v) is 3.30. The fourth-order valence-electron chi connectivity index (χ4n) is 3.30. The summed E-state index contributed by atoms with van der Waals surface area (Å²) >= 11 is 0. The van der Waals surface area contributed by atoms with Crippen LogP contribution in [0.15, 0.2) is 0 Å². The largest absolute Gasteiger partial charge is 0.466 e. The molecule has 0 heterocycles. The first kappa shape index (κ1) is 25.4. The molecule has 1 atom stereocenters. The van der Waals surface area contributed by atoms with Gasteiger partial charge >= 0.3 is 5.97 Å². The number of hydrogen-bond donors (Lipinski definition) is 1. The van der Waals surface area contributed by atoms with Crippen LogP contribution in [0.3, 0.4) is 0 Å². The Morgan fingerprint density at radius 2 is 1.27 bits per heavy atom. The number of aliphatic hydroxyl groups is 1. The second-order valence-electron chi connectivity index (χ2n) is 7.47. The molecule has 156 valence electrons. The predicted octanol–water partition coefficient (Wildman–Crippen LogP) is 5.18. The maximum Gasteiger partial charge on any atom is 0.312 e. The van der Waals surface area contributed by atoms with Crippen molar-refractivity contribution in [3.63, 3.8) is 0 Å². The first-order valence-electron chi connectivity index (χ1n) is 11.2. The zero-order valence-corrected chi connectivity index (χ0v) is 17.8. The molecule has 1 N–H and O–H groups in total. The molecule has 0 saturated heterocycles. The van der Waals surface area contributed by atoms with Crippen LogP contribution in [0.5, 0.6) is 0 Å². The van der Waals surface area contributed by atoms with Gasteiger partial charge < -0.3 is 14.7 Å². The van der Waals surface area contributed by atoms with E-state index in [0.29, 0.717) is 13.2 Å². The second-order valence-corrected chi connectivity index (χ2v) is 7.47. The van der Waals surface area contributed by atoms with Crippen LogP contribution in [0.2, 0.25) is 0 Å². The molecule has 0 spiro atoms. The van der Waals surface area contributed by atoms with E-state index in [1.165, 1.54) is 77.0 Å². The van der Waals surface area contributed by atoms with Gasteiger partial charge in [0.05, 0.1) is 19.1 Å². The van der Waals surface area contributed by atoms with Gasteiger partial charge in [-0.05, 0) is 32.9 Å². The Morgan fingerprint density at radius 1 is 0.808 bits per heavy atom. The number of ether oxygens (including phenoxy) is 1. The summed E-state index contributed by atoms with van der Waals surface area (Å²) in [4.78, 5) is 14.4. The topological polar surface area (TPSA) is 49.8 Å². The van der Waals surface area contributed by atoms with Gasteiger partial charge in [-0.2, -0.15) is 0 Å². The highest BCUT2D eigenvalue weighted by atomic mass is 16.5. The molecule has 1 unspecified atom stereocenters. The average molecular weight is 372 g/mol. The van der Waals surface area contributed by atoms with E-state index in [4.69, 9.17) is 4.74 Å². The molecule has 0 aromatic carbocycles. The van der Waals surface area contributed by atoms with Gasteiger partial charge in [-0.25, -0.2) is 0 Å². The normalized spacial score (nSPS) is 12.5. The quantitative estimate of drug-likeness (QED) is 0.251. The minimum Gasteiger partial charge on any atom is -0.466 e. The van der Waals surface area contributed by atoms with Crippen LogP contribution in [-0.2, 0) is 9.53 Å². The second kappa shape index (κ2) is 19.2. The highest BCUT2D eigenvalue weighted by Crippen LogP contribution is 2.11. The molecule has 0 aliphatic heterocycles. The third-order valence-corrected chi connectivity index (χ3v) is 4.97. The van der Waals surface area contributed by atoms with Gasteiger partial charge in [-0.1, -0.05) is 78.1 Å². The van der Waals surface area contributed by atoms with E-state index >= 15 is 0 Å². The number of rotatable bonds is 19. The third-order valence-electron chi connectivity index (χ3n) is 4.97. The average Bonchev–Trinajstić information content (AvgIpc) is 2.64. The molecular formula is C22H45NO3. The van der Waals surface area contributed by atoms with Crippen molar-refractivity contribution in [1.82, 2.24) is 4.90 Å². The van der Waals surface area contributed by atoms with E-state index < -0.39 is 5.92 Å². The Labute approximate surface area is 162 Å². The Bertz CT molecular complexity index is 294. The molecule has 0 aliphatic rings.